The lowest BCUT2D eigenvalue weighted by molar-refractivity contribution is -0.394. The molecule has 0 aliphatic carbocycles. The Labute approximate surface area is 120 Å². The van der Waals surface area contributed by atoms with E-state index in [1.54, 1.807) is 0 Å². The van der Waals surface area contributed by atoms with E-state index >= 15 is 0 Å². The predicted molar refractivity (Wildman–Crippen MR) is 69.4 cm³/mol. The van der Waals surface area contributed by atoms with Crippen molar-refractivity contribution in [2.45, 2.75) is 0 Å². The Morgan fingerprint density at radius 1 is 1.29 bits per heavy atom. The van der Waals surface area contributed by atoms with Gasteiger partial charge in [0.05, 0.1) is 27.1 Å². The highest BCUT2D eigenvalue weighted by Crippen LogP contribution is 2.27. The van der Waals surface area contributed by atoms with E-state index in [-0.39, 0.29) is 16.3 Å². The highest BCUT2D eigenvalue weighted by Gasteiger charge is 2.20. The highest BCUT2D eigenvalue weighted by atomic mass is 35.5. The van der Waals surface area contributed by atoms with Crippen molar-refractivity contribution in [3.8, 4) is 0 Å². The second kappa shape index (κ2) is 5.54. The molecule has 2 aromatic heterocycles. The molecular formula is C10H6ClN5O5. The lowest BCUT2D eigenvalue weighted by atomic mass is 10.3. The lowest BCUT2D eigenvalue weighted by Crippen LogP contribution is -2.17. The van der Waals surface area contributed by atoms with E-state index in [4.69, 9.17) is 11.6 Å². The topological polar surface area (TPSA) is 137 Å². The Hall–Kier alpha value is -3.01. The van der Waals surface area contributed by atoms with Crippen molar-refractivity contribution in [1.29, 1.82) is 0 Å². The molecular weight excluding hydrogens is 306 g/mol. The number of pyridine rings is 2. The van der Waals surface area contributed by atoms with Crippen LogP contribution < -0.4 is 5.49 Å². The van der Waals surface area contributed by atoms with Crippen LogP contribution >= 0.6 is 11.6 Å². The molecule has 2 aromatic rings. The van der Waals surface area contributed by atoms with E-state index in [1.807, 2.05) is 0 Å². The molecule has 0 saturated carbocycles. The fourth-order valence-electron chi connectivity index (χ4n) is 1.41. The third-order valence-electron chi connectivity index (χ3n) is 2.33. The molecule has 0 aliphatic rings. The van der Waals surface area contributed by atoms with Gasteiger partial charge in [-0.05, 0) is 12.1 Å². The van der Waals surface area contributed by atoms with Crippen LogP contribution in [0.15, 0.2) is 35.6 Å². The molecule has 2 rings (SSSR count). The van der Waals surface area contributed by atoms with Crippen molar-refractivity contribution in [2.24, 2.45) is 4.99 Å². The molecule has 0 unspecified atom stereocenters. The summed E-state index contributed by atoms with van der Waals surface area (Å²) in [6.45, 7) is 0. The van der Waals surface area contributed by atoms with Crippen LogP contribution in [0.2, 0.25) is 5.02 Å². The number of nitro groups is 2. The molecule has 1 N–H and O–H groups in total. The average Bonchev–Trinajstić information content (AvgIpc) is 2.41. The van der Waals surface area contributed by atoms with Gasteiger partial charge in [0.15, 0.2) is 5.49 Å². The normalized spacial score (nSPS) is 11.4. The van der Waals surface area contributed by atoms with Gasteiger partial charge in [0.25, 0.3) is 5.69 Å². The summed E-state index contributed by atoms with van der Waals surface area (Å²) in [4.78, 5) is 27.2. The van der Waals surface area contributed by atoms with Crippen molar-refractivity contribution >= 4 is 28.8 Å². The fraction of sp³-hybridized carbons (Fsp3) is 0. The molecule has 108 valence electrons. The standard InChI is InChI=1S/C10H6ClN5O5/c11-6-1-2-9(14(17)5-6)13-10-8(16(20)21)3-7(4-12-10)15(18)19/h1-5,17H/b13-9-. The number of rotatable bonds is 3. The Bertz CT molecular complexity index is 803. The lowest BCUT2D eigenvalue weighted by Gasteiger charge is -2.00. The van der Waals surface area contributed by atoms with Crippen molar-refractivity contribution in [3.63, 3.8) is 0 Å². The largest absolute Gasteiger partial charge is 0.427 e. The van der Waals surface area contributed by atoms with Crippen LogP contribution in [-0.4, -0.2) is 24.8 Å². The van der Waals surface area contributed by atoms with Crippen molar-refractivity contribution < 1.29 is 15.1 Å². The van der Waals surface area contributed by atoms with Crippen LogP contribution in [0.3, 0.4) is 0 Å². The fourth-order valence-corrected chi connectivity index (χ4v) is 1.56. The third kappa shape index (κ3) is 3.12. The van der Waals surface area contributed by atoms with Crippen LogP contribution in [-0.2, 0) is 0 Å². The first-order valence-electron chi connectivity index (χ1n) is 5.29. The van der Waals surface area contributed by atoms with Gasteiger partial charge in [-0.15, -0.1) is 0 Å². The highest BCUT2D eigenvalue weighted by molar-refractivity contribution is 6.30. The van der Waals surface area contributed by atoms with Gasteiger partial charge in [0, 0.05) is 0 Å². The molecule has 0 saturated heterocycles. The van der Waals surface area contributed by atoms with Gasteiger partial charge in [-0.3, -0.25) is 20.2 Å². The van der Waals surface area contributed by atoms with Crippen LogP contribution in [0.5, 0.6) is 0 Å². The minimum absolute atomic E-state index is 0.0798. The summed E-state index contributed by atoms with van der Waals surface area (Å²) in [6.07, 6.45) is 1.96. The quantitative estimate of drug-likeness (QED) is 0.521. The zero-order chi connectivity index (χ0) is 15.6. The number of halogens is 1. The van der Waals surface area contributed by atoms with Gasteiger partial charge >= 0.3 is 5.69 Å². The summed E-state index contributed by atoms with van der Waals surface area (Å²) in [7, 11) is 0. The average molecular weight is 312 g/mol. The molecule has 10 nitrogen and oxygen atoms in total. The first kappa shape index (κ1) is 14.4. The van der Waals surface area contributed by atoms with Crippen molar-refractivity contribution in [2.75, 3.05) is 0 Å². The molecule has 0 amide bonds. The van der Waals surface area contributed by atoms with E-state index in [9.17, 15) is 25.4 Å². The minimum atomic E-state index is -0.851. The van der Waals surface area contributed by atoms with Gasteiger partial charge in [0.2, 0.25) is 5.82 Å². The number of hydrogen-bond acceptors (Lipinski definition) is 7. The first-order valence-corrected chi connectivity index (χ1v) is 5.67. The molecule has 0 radical (unpaired) electrons. The molecule has 0 aromatic carbocycles. The zero-order valence-electron chi connectivity index (χ0n) is 10.1. The number of hydrogen-bond donors (Lipinski definition) is 1. The van der Waals surface area contributed by atoms with E-state index in [0.29, 0.717) is 4.73 Å². The second-order valence-electron chi connectivity index (χ2n) is 3.71. The van der Waals surface area contributed by atoms with Gasteiger partial charge in [-0.25, -0.2) is 9.98 Å². The number of aromatic nitrogens is 2. The Kier molecular flexibility index (Phi) is 3.80. The SMILES string of the molecule is O=[N+]([O-])c1cnc(/N=c2/ccc(Cl)cn2O)c([N+](=O)[O-])c1. The smallest absolute Gasteiger partial charge is 0.320 e. The van der Waals surface area contributed by atoms with Gasteiger partial charge in [0.1, 0.15) is 6.20 Å². The predicted octanol–water partition coefficient (Wildman–Crippen LogP) is 1.82. The summed E-state index contributed by atoms with van der Waals surface area (Å²) >= 11 is 5.64. The molecule has 0 aliphatic heterocycles. The molecule has 0 fully saturated rings. The van der Waals surface area contributed by atoms with Crippen molar-refractivity contribution in [3.05, 3.63) is 61.3 Å². The number of nitrogens with zero attached hydrogens (tertiary/aromatic N) is 5. The van der Waals surface area contributed by atoms with Gasteiger partial charge in [-0.2, -0.15) is 4.73 Å². The summed E-state index contributed by atoms with van der Waals surface area (Å²) < 4.78 is 0.551. The van der Waals surface area contributed by atoms with E-state index in [1.165, 1.54) is 12.1 Å². The van der Waals surface area contributed by atoms with Gasteiger partial charge in [-0.1, -0.05) is 11.6 Å². The van der Waals surface area contributed by atoms with E-state index in [2.05, 4.69) is 9.98 Å². The van der Waals surface area contributed by atoms with E-state index in [0.717, 1.165) is 18.5 Å². The second-order valence-corrected chi connectivity index (χ2v) is 4.15. The molecule has 2 heterocycles. The summed E-state index contributed by atoms with van der Waals surface area (Å²) in [6, 6.07) is 3.45. The summed E-state index contributed by atoms with van der Waals surface area (Å²) in [5.74, 6) is -0.379. The maximum Gasteiger partial charge on any atom is 0.320 e. The monoisotopic (exact) mass is 311 g/mol. The zero-order valence-corrected chi connectivity index (χ0v) is 10.8. The summed E-state index contributed by atoms with van der Waals surface area (Å²) in [5, 5.41) is 31.3. The van der Waals surface area contributed by atoms with Gasteiger partial charge < -0.3 is 5.21 Å². The Morgan fingerprint density at radius 2 is 2.00 bits per heavy atom. The van der Waals surface area contributed by atoms with Crippen LogP contribution in [0.25, 0.3) is 0 Å². The van der Waals surface area contributed by atoms with Crippen LogP contribution in [0, 0.1) is 20.2 Å². The molecule has 21 heavy (non-hydrogen) atoms. The maximum atomic E-state index is 10.9. The van der Waals surface area contributed by atoms with Crippen LogP contribution in [0.1, 0.15) is 0 Å². The Morgan fingerprint density at radius 3 is 2.57 bits per heavy atom. The maximum absolute atomic E-state index is 10.9. The summed E-state index contributed by atoms with van der Waals surface area (Å²) in [5.41, 5.74) is -1.27. The van der Waals surface area contributed by atoms with Crippen LogP contribution in [0.4, 0.5) is 17.2 Å². The molecule has 0 bridgehead atoms. The molecule has 0 spiro atoms. The van der Waals surface area contributed by atoms with E-state index < -0.39 is 21.2 Å². The molecule has 11 heteroatoms. The van der Waals surface area contributed by atoms with Crippen molar-refractivity contribution in [1.82, 2.24) is 9.71 Å². The molecule has 0 atom stereocenters. The Balaban J connectivity index is 2.63. The minimum Gasteiger partial charge on any atom is -0.427 e. The first-order chi connectivity index (χ1) is 9.88. The third-order valence-corrected chi connectivity index (χ3v) is 2.56.